The van der Waals surface area contributed by atoms with E-state index in [0.717, 1.165) is 11.1 Å². The molecule has 0 radical (unpaired) electrons. The third-order valence-electron chi connectivity index (χ3n) is 4.64. The van der Waals surface area contributed by atoms with Gasteiger partial charge in [0.2, 0.25) is 0 Å². The standard InChI is InChI=1S/C22H21N3O3/c1-16-3-5-17(6-4-16)18-7-8-20-19(15-18)21(26)25(11-13-27-20)12-14-28-22-23-9-2-10-24-22/h2-10,15H,11-14H2,1H3. The van der Waals surface area contributed by atoms with E-state index in [1.165, 1.54) is 5.56 Å². The highest BCUT2D eigenvalue weighted by Gasteiger charge is 2.24. The lowest BCUT2D eigenvalue weighted by molar-refractivity contribution is 0.0726. The number of hydrogen-bond acceptors (Lipinski definition) is 5. The molecule has 6 heteroatoms. The zero-order valence-electron chi connectivity index (χ0n) is 15.7. The van der Waals surface area contributed by atoms with E-state index in [9.17, 15) is 4.79 Å². The van der Waals surface area contributed by atoms with Gasteiger partial charge < -0.3 is 14.4 Å². The molecular formula is C22H21N3O3. The van der Waals surface area contributed by atoms with E-state index >= 15 is 0 Å². The molecular weight excluding hydrogens is 354 g/mol. The number of aryl methyl sites for hydroxylation is 1. The fraction of sp³-hybridized carbons (Fsp3) is 0.227. The molecule has 0 N–H and O–H groups in total. The lowest BCUT2D eigenvalue weighted by Gasteiger charge is -2.19. The van der Waals surface area contributed by atoms with Gasteiger partial charge in [0.1, 0.15) is 19.0 Å². The maximum Gasteiger partial charge on any atom is 0.316 e. The minimum atomic E-state index is -0.0564. The van der Waals surface area contributed by atoms with Gasteiger partial charge in [-0.1, -0.05) is 35.9 Å². The molecule has 1 aliphatic rings. The molecule has 0 saturated carbocycles. The summed E-state index contributed by atoms with van der Waals surface area (Å²) in [4.78, 5) is 22.9. The van der Waals surface area contributed by atoms with Gasteiger partial charge in [0.25, 0.3) is 5.91 Å². The Bertz CT molecular complexity index is 959. The Balaban J connectivity index is 1.51. The molecule has 0 atom stereocenters. The second-order valence-electron chi connectivity index (χ2n) is 6.60. The summed E-state index contributed by atoms with van der Waals surface area (Å²) in [5.74, 6) is 0.565. The van der Waals surface area contributed by atoms with Gasteiger partial charge in [-0.3, -0.25) is 4.79 Å². The van der Waals surface area contributed by atoms with Crippen molar-refractivity contribution in [2.75, 3.05) is 26.3 Å². The van der Waals surface area contributed by atoms with Gasteiger partial charge >= 0.3 is 6.01 Å². The first-order chi connectivity index (χ1) is 13.7. The van der Waals surface area contributed by atoms with Crippen LogP contribution in [0.3, 0.4) is 0 Å². The molecule has 0 fully saturated rings. The van der Waals surface area contributed by atoms with Crippen molar-refractivity contribution in [1.82, 2.24) is 14.9 Å². The predicted molar refractivity (Wildman–Crippen MR) is 106 cm³/mol. The van der Waals surface area contributed by atoms with E-state index in [0.29, 0.717) is 43.6 Å². The summed E-state index contributed by atoms with van der Waals surface area (Å²) in [6, 6.07) is 16.1. The number of carbonyl (C=O) groups is 1. The van der Waals surface area contributed by atoms with Crippen LogP contribution >= 0.6 is 0 Å². The van der Waals surface area contributed by atoms with E-state index < -0.39 is 0 Å². The first kappa shape index (κ1) is 18.0. The van der Waals surface area contributed by atoms with Gasteiger partial charge in [-0.2, -0.15) is 0 Å². The first-order valence-electron chi connectivity index (χ1n) is 9.24. The normalized spacial score (nSPS) is 13.5. The number of aromatic nitrogens is 2. The second-order valence-corrected chi connectivity index (χ2v) is 6.60. The molecule has 2 heterocycles. The minimum Gasteiger partial charge on any atom is -0.491 e. The van der Waals surface area contributed by atoms with E-state index in [1.807, 2.05) is 18.2 Å². The molecule has 4 rings (SSSR count). The molecule has 0 saturated heterocycles. The summed E-state index contributed by atoms with van der Waals surface area (Å²) in [5, 5.41) is 0. The topological polar surface area (TPSA) is 64.6 Å². The SMILES string of the molecule is Cc1ccc(-c2ccc3c(c2)C(=O)N(CCOc2ncccn2)CCO3)cc1. The van der Waals surface area contributed by atoms with Gasteiger partial charge in [0.15, 0.2) is 0 Å². The molecule has 0 bridgehead atoms. The number of ether oxygens (including phenoxy) is 2. The van der Waals surface area contributed by atoms with Crippen LogP contribution in [0.25, 0.3) is 11.1 Å². The summed E-state index contributed by atoms with van der Waals surface area (Å²) < 4.78 is 11.3. The third-order valence-corrected chi connectivity index (χ3v) is 4.64. The number of fused-ring (bicyclic) bond motifs is 1. The summed E-state index contributed by atoms with van der Waals surface area (Å²) in [7, 11) is 0. The van der Waals surface area contributed by atoms with E-state index in [4.69, 9.17) is 9.47 Å². The number of nitrogens with zero attached hydrogens (tertiary/aromatic N) is 3. The van der Waals surface area contributed by atoms with E-state index in [1.54, 1.807) is 23.4 Å². The van der Waals surface area contributed by atoms with E-state index in [2.05, 4.69) is 41.2 Å². The first-order valence-corrected chi connectivity index (χ1v) is 9.24. The Labute approximate surface area is 163 Å². The van der Waals surface area contributed by atoms with Crippen LogP contribution in [0.1, 0.15) is 15.9 Å². The van der Waals surface area contributed by atoms with Crippen LogP contribution in [0.15, 0.2) is 60.9 Å². The van der Waals surface area contributed by atoms with Gasteiger partial charge in [0.05, 0.1) is 18.7 Å². The van der Waals surface area contributed by atoms with Gasteiger partial charge in [-0.05, 0) is 36.2 Å². The van der Waals surface area contributed by atoms with Crippen molar-refractivity contribution in [3.8, 4) is 22.9 Å². The molecule has 2 aromatic carbocycles. The van der Waals surface area contributed by atoms with Crippen molar-refractivity contribution >= 4 is 5.91 Å². The number of rotatable bonds is 5. The molecule has 3 aromatic rings. The van der Waals surface area contributed by atoms with Gasteiger partial charge in [0, 0.05) is 12.4 Å². The molecule has 0 spiro atoms. The fourth-order valence-electron chi connectivity index (χ4n) is 3.11. The Hall–Kier alpha value is -3.41. The van der Waals surface area contributed by atoms with Crippen molar-refractivity contribution in [1.29, 1.82) is 0 Å². The zero-order chi connectivity index (χ0) is 19.3. The maximum atomic E-state index is 13.1. The molecule has 0 aliphatic carbocycles. The quantitative estimate of drug-likeness (QED) is 0.684. The van der Waals surface area contributed by atoms with Crippen LogP contribution < -0.4 is 9.47 Å². The second kappa shape index (κ2) is 8.08. The predicted octanol–water partition coefficient (Wildman–Crippen LogP) is 3.37. The molecule has 28 heavy (non-hydrogen) atoms. The molecule has 6 nitrogen and oxygen atoms in total. The Morgan fingerprint density at radius 1 is 1.07 bits per heavy atom. The Morgan fingerprint density at radius 2 is 1.82 bits per heavy atom. The smallest absolute Gasteiger partial charge is 0.316 e. The number of amides is 1. The monoisotopic (exact) mass is 375 g/mol. The van der Waals surface area contributed by atoms with Crippen molar-refractivity contribution in [3.63, 3.8) is 0 Å². The van der Waals surface area contributed by atoms with Gasteiger partial charge in [-0.25, -0.2) is 9.97 Å². The van der Waals surface area contributed by atoms with Crippen LogP contribution in [-0.4, -0.2) is 47.1 Å². The lowest BCUT2D eigenvalue weighted by Crippen LogP contribution is -2.35. The van der Waals surface area contributed by atoms with Crippen LogP contribution in [0.2, 0.25) is 0 Å². The average molecular weight is 375 g/mol. The fourth-order valence-corrected chi connectivity index (χ4v) is 3.11. The Kier molecular flexibility index (Phi) is 5.19. The number of hydrogen-bond donors (Lipinski definition) is 0. The highest BCUT2D eigenvalue weighted by atomic mass is 16.5. The summed E-state index contributed by atoms with van der Waals surface area (Å²) in [5.41, 5.74) is 3.84. The molecule has 1 aromatic heterocycles. The van der Waals surface area contributed by atoms with Crippen molar-refractivity contribution in [3.05, 3.63) is 72.1 Å². The molecule has 142 valence electrons. The van der Waals surface area contributed by atoms with Crippen LogP contribution in [0.5, 0.6) is 11.8 Å². The highest BCUT2D eigenvalue weighted by molar-refractivity contribution is 5.98. The summed E-state index contributed by atoms with van der Waals surface area (Å²) >= 11 is 0. The van der Waals surface area contributed by atoms with Crippen molar-refractivity contribution < 1.29 is 14.3 Å². The molecule has 1 amide bonds. The van der Waals surface area contributed by atoms with Crippen LogP contribution in [0.4, 0.5) is 0 Å². The number of benzene rings is 2. The Morgan fingerprint density at radius 3 is 2.61 bits per heavy atom. The average Bonchev–Trinajstić information content (AvgIpc) is 2.88. The van der Waals surface area contributed by atoms with Gasteiger partial charge in [-0.15, -0.1) is 0 Å². The van der Waals surface area contributed by atoms with Crippen molar-refractivity contribution in [2.24, 2.45) is 0 Å². The third kappa shape index (κ3) is 3.96. The minimum absolute atomic E-state index is 0.0564. The number of carbonyl (C=O) groups excluding carboxylic acids is 1. The van der Waals surface area contributed by atoms with Crippen LogP contribution in [0, 0.1) is 6.92 Å². The zero-order valence-corrected chi connectivity index (χ0v) is 15.7. The maximum absolute atomic E-state index is 13.1. The molecule has 1 aliphatic heterocycles. The highest BCUT2D eigenvalue weighted by Crippen LogP contribution is 2.29. The summed E-state index contributed by atoms with van der Waals surface area (Å²) in [6.07, 6.45) is 3.24. The van der Waals surface area contributed by atoms with Crippen LogP contribution in [-0.2, 0) is 0 Å². The van der Waals surface area contributed by atoms with E-state index in [-0.39, 0.29) is 5.91 Å². The van der Waals surface area contributed by atoms with Crippen molar-refractivity contribution in [2.45, 2.75) is 6.92 Å². The molecule has 0 unspecified atom stereocenters. The summed E-state index contributed by atoms with van der Waals surface area (Å²) in [6.45, 7) is 3.77. The largest absolute Gasteiger partial charge is 0.491 e. The lowest BCUT2D eigenvalue weighted by atomic mass is 10.0.